The molecule has 0 aliphatic heterocycles. The van der Waals surface area contributed by atoms with Crippen molar-refractivity contribution in [1.29, 1.82) is 0 Å². The van der Waals surface area contributed by atoms with Gasteiger partial charge in [-0.2, -0.15) is 0 Å². The summed E-state index contributed by atoms with van der Waals surface area (Å²) in [5.41, 5.74) is 0. The maximum atomic E-state index is 8.94. The molecule has 2 nitrogen and oxygen atoms in total. The fourth-order valence-corrected chi connectivity index (χ4v) is 2.34. The van der Waals surface area contributed by atoms with E-state index in [2.05, 4.69) is 26.1 Å². The van der Waals surface area contributed by atoms with Gasteiger partial charge in [0.15, 0.2) is 0 Å². The van der Waals surface area contributed by atoms with E-state index in [1.165, 1.54) is 19.3 Å². The van der Waals surface area contributed by atoms with E-state index in [0.29, 0.717) is 18.6 Å². The first-order chi connectivity index (χ1) is 7.19. The zero-order valence-electron chi connectivity index (χ0n) is 10.5. The van der Waals surface area contributed by atoms with Crippen molar-refractivity contribution in [2.75, 3.05) is 13.2 Å². The number of aliphatic hydroxyl groups excluding tert-OH is 1. The molecular weight excluding hydrogens is 186 g/mol. The van der Waals surface area contributed by atoms with Gasteiger partial charge in [-0.3, -0.25) is 0 Å². The Kier molecular flexibility index (Phi) is 5.62. The summed E-state index contributed by atoms with van der Waals surface area (Å²) < 4.78 is 0. The Morgan fingerprint density at radius 3 is 2.40 bits per heavy atom. The maximum Gasteiger partial charge on any atom is 0.0434 e. The van der Waals surface area contributed by atoms with E-state index < -0.39 is 0 Å². The fraction of sp³-hybridized carbons (Fsp3) is 1.00. The van der Waals surface area contributed by atoms with E-state index in [-0.39, 0.29) is 0 Å². The molecule has 90 valence electrons. The summed E-state index contributed by atoms with van der Waals surface area (Å²) in [5.74, 6) is 2.32. The quantitative estimate of drug-likeness (QED) is 0.649. The molecule has 1 aliphatic carbocycles. The largest absolute Gasteiger partial charge is 0.396 e. The first kappa shape index (κ1) is 13.0. The average molecular weight is 213 g/mol. The molecule has 1 aliphatic rings. The van der Waals surface area contributed by atoms with Gasteiger partial charge in [0.2, 0.25) is 0 Å². The molecule has 2 N–H and O–H groups in total. The van der Waals surface area contributed by atoms with Crippen molar-refractivity contribution in [3.63, 3.8) is 0 Å². The van der Waals surface area contributed by atoms with Gasteiger partial charge in [-0.1, -0.05) is 27.2 Å². The summed E-state index contributed by atoms with van der Waals surface area (Å²) in [6.45, 7) is 8.24. The predicted molar refractivity (Wildman–Crippen MR) is 64.8 cm³/mol. The van der Waals surface area contributed by atoms with E-state index in [9.17, 15) is 0 Å². The Balaban J connectivity index is 2.25. The van der Waals surface area contributed by atoms with Crippen LogP contribution in [-0.4, -0.2) is 24.3 Å². The smallest absolute Gasteiger partial charge is 0.0434 e. The minimum atomic E-state index is 0.329. The van der Waals surface area contributed by atoms with E-state index >= 15 is 0 Å². The topological polar surface area (TPSA) is 32.3 Å². The van der Waals surface area contributed by atoms with Crippen molar-refractivity contribution in [3.05, 3.63) is 0 Å². The van der Waals surface area contributed by atoms with E-state index in [1.54, 1.807) is 0 Å². The van der Waals surface area contributed by atoms with Gasteiger partial charge >= 0.3 is 0 Å². The molecule has 0 aromatic carbocycles. The SMILES string of the molecule is CCC(CCO)CNC(C(C)C)C1CC1. The minimum Gasteiger partial charge on any atom is -0.396 e. The third-order valence-electron chi connectivity index (χ3n) is 3.61. The second-order valence-electron chi connectivity index (χ2n) is 5.30. The number of hydrogen-bond acceptors (Lipinski definition) is 2. The van der Waals surface area contributed by atoms with Crippen LogP contribution in [0.15, 0.2) is 0 Å². The lowest BCUT2D eigenvalue weighted by Gasteiger charge is -2.25. The zero-order valence-corrected chi connectivity index (χ0v) is 10.5. The van der Waals surface area contributed by atoms with Gasteiger partial charge in [0.25, 0.3) is 0 Å². The molecular formula is C13H27NO. The summed E-state index contributed by atoms with van der Waals surface area (Å²) in [4.78, 5) is 0. The highest BCUT2D eigenvalue weighted by atomic mass is 16.3. The molecule has 0 aromatic rings. The highest BCUT2D eigenvalue weighted by molar-refractivity contribution is 4.88. The second kappa shape index (κ2) is 6.49. The summed E-state index contributed by atoms with van der Waals surface area (Å²) in [7, 11) is 0. The van der Waals surface area contributed by atoms with Crippen LogP contribution in [0.4, 0.5) is 0 Å². The fourth-order valence-electron chi connectivity index (χ4n) is 2.34. The van der Waals surface area contributed by atoms with Gasteiger partial charge in [0.05, 0.1) is 0 Å². The zero-order chi connectivity index (χ0) is 11.3. The highest BCUT2D eigenvalue weighted by Crippen LogP contribution is 2.35. The Bertz CT molecular complexity index is 164. The molecule has 1 fully saturated rings. The van der Waals surface area contributed by atoms with Crippen LogP contribution >= 0.6 is 0 Å². The molecule has 2 heteroatoms. The van der Waals surface area contributed by atoms with Crippen molar-refractivity contribution in [2.24, 2.45) is 17.8 Å². The van der Waals surface area contributed by atoms with Gasteiger partial charge in [-0.05, 0) is 43.6 Å². The molecule has 0 heterocycles. The molecule has 0 aromatic heterocycles. The second-order valence-corrected chi connectivity index (χ2v) is 5.30. The lowest BCUT2D eigenvalue weighted by Crippen LogP contribution is -2.38. The van der Waals surface area contributed by atoms with E-state index in [0.717, 1.165) is 24.8 Å². The van der Waals surface area contributed by atoms with Gasteiger partial charge in [0, 0.05) is 12.6 Å². The molecule has 0 saturated heterocycles. The standard InChI is InChI=1S/C13H27NO/c1-4-11(7-8-15)9-14-13(10(2)3)12-5-6-12/h10-15H,4-9H2,1-3H3. The first-order valence-electron chi connectivity index (χ1n) is 6.53. The molecule has 0 spiro atoms. The van der Waals surface area contributed by atoms with Crippen molar-refractivity contribution in [1.82, 2.24) is 5.32 Å². The lowest BCUT2D eigenvalue weighted by atomic mass is 9.97. The number of hydrogen-bond donors (Lipinski definition) is 2. The summed E-state index contributed by atoms with van der Waals surface area (Å²) in [6, 6.07) is 0.706. The van der Waals surface area contributed by atoms with Crippen LogP contribution in [0.25, 0.3) is 0 Å². The van der Waals surface area contributed by atoms with Gasteiger partial charge in [-0.15, -0.1) is 0 Å². The molecule has 1 rings (SSSR count). The van der Waals surface area contributed by atoms with Gasteiger partial charge in [-0.25, -0.2) is 0 Å². The molecule has 0 bridgehead atoms. The van der Waals surface area contributed by atoms with Crippen molar-refractivity contribution < 1.29 is 5.11 Å². The average Bonchev–Trinajstić information content (AvgIpc) is 3.00. The third kappa shape index (κ3) is 4.52. The molecule has 1 saturated carbocycles. The Morgan fingerprint density at radius 1 is 1.33 bits per heavy atom. The van der Waals surface area contributed by atoms with Crippen LogP contribution in [0.3, 0.4) is 0 Å². The Labute approximate surface area is 94.5 Å². The Morgan fingerprint density at radius 2 is 2.00 bits per heavy atom. The molecule has 15 heavy (non-hydrogen) atoms. The van der Waals surface area contributed by atoms with Crippen molar-refractivity contribution >= 4 is 0 Å². The summed E-state index contributed by atoms with van der Waals surface area (Å²) >= 11 is 0. The molecule has 2 unspecified atom stereocenters. The highest BCUT2D eigenvalue weighted by Gasteiger charge is 2.32. The Hall–Kier alpha value is -0.0800. The van der Waals surface area contributed by atoms with Crippen LogP contribution in [0.1, 0.15) is 46.5 Å². The number of aliphatic hydroxyl groups is 1. The van der Waals surface area contributed by atoms with Crippen molar-refractivity contribution in [3.8, 4) is 0 Å². The number of rotatable bonds is 8. The van der Waals surface area contributed by atoms with Gasteiger partial charge < -0.3 is 10.4 Å². The van der Waals surface area contributed by atoms with E-state index in [1.807, 2.05) is 0 Å². The minimum absolute atomic E-state index is 0.329. The molecule has 0 amide bonds. The predicted octanol–water partition coefficient (Wildman–Crippen LogP) is 2.42. The van der Waals surface area contributed by atoms with Crippen LogP contribution < -0.4 is 5.32 Å². The summed E-state index contributed by atoms with van der Waals surface area (Å²) in [5, 5.41) is 12.6. The first-order valence-corrected chi connectivity index (χ1v) is 6.53. The maximum absolute atomic E-state index is 8.94. The molecule has 0 radical (unpaired) electrons. The van der Waals surface area contributed by atoms with Gasteiger partial charge in [0.1, 0.15) is 0 Å². The van der Waals surface area contributed by atoms with Crippen LogP contribution in [0.5, 0.6) is 0 Å². The van der Waals surface area contributed by atoms with E-state index in [4.69, 9.17) is 5.11 Å². The van der Waals surface area contributed by atoms with Crippen LogP contribution in [0, 0.1) is 17.8 Å². The van der Waals surface area contributed by atoms with Crippen molar-refractivity contribution in [2.45, 2.75) is 52.5 Å². The molecule has 2 atom stereocenters. The van der Waals surface area contributed by atoms with Crippen LogP contribution in [-0.2, 0) is 0 Å². The number of nitrogens with one attached hydrogen (secondary N) is 1. The summed E-state index contributed by atoms with van der Waals surface area (Å²) in [6.07, 6.45) is 4.93. The van der Waals surface area contributed by atoms with Crippen LogP contribution in [0.2, 0.25) is 0 Å². The normalized spacial score (nSPS) is 20.6. The lowest BCUT2D eigenvalue weighted by molar-refractivity contribution is 0.241. The third-order valence-corrected chi connectivity index (χ3v) is 3.61. The monoisotopic (exact) mass is 213 g/mol.